The number of nitrogens with two attached hydrogens (primary N) is 1. The van der Waals surface area contributed by atoms with Crippen molar-refractivity contribution in [3.63, 3.8) is 0 Å². The first-order valence-corrected chi connectivity index (χ1v) is 9.16. The standard InChI is InChI=1S/C21H27N3O2/c1-26-20-6-5-17(14-24-21(22)25)13-19(20)18-4-2-3-16(12-18)11-15-7-9-23-10-8-15/h2-6,12-13,15,23H,7-11,14H2,1H3,(H3,22,24,25). The lowest BCUT2D eigenvalue weighted by Gasteiger charge is -2.22. The Labute approximate surface area is 154 Å². The van der Waals surface area contributed by atoms with Crippen molar-refractivity contribution in [3.05, 3.63) is 53.6 Å². The number of carbonyl (C=O) groups is 1. The van der Waals surface area contributed by atoms with E-state index in [1.807, 2.05) is 12.1 Å². The second kappa shape index (κ2) is 8.72. The summed E-state index contributed by atoms with van der Waals surface area (Å²) < 4.78 is 5.55. The van der Waals surface area contributed by atoms with Gasteiger partial charge in [0.25, 0.3) is 0 Å². The summed E-state index contributed by atoms with van der Waals surface area (Å²) in [5.74, 6) is 1.58. The lowest BCUT2D eigenvalue weighted by atomic mass is 9.89. The van der Waals surface area contributed by atoms with Gasteiger partial charge in [-0.15, -0.1) is 0 Å². The molecule has 0 aromatic heterocycles. The predicted molar refractivity (Wildman–Crippen MR) is 104 cm³/mol. The van der Waals surface area contributed by atoms with E-state index in [9.17, 15) is 4.79 Å². The van der Waals surface area contributed by atoms with Crippen molar-refractivity contribution in [2.24, 2.45) is 11.7 Å². The number of carbonyl (C=O) groups excluding carboxylic acids is 1. The molecule has 0 spiro atoms. The molecule has 0 saturated carbocycles. The molecule has 1 heterocycles. The fourth-order valence-corrected chi connectivity index (χ4v) is 3.56. The first kappa shape index (κ1) is 18.3. The first-order chi connectivity index (χ1) is 12.7. The van der Waals surface area contributed by atoms with Crippen molar-refractivity contribution in [1.29, 1.82) is 0 Å². The third-order valence-electron chi connectivity index (χ3n) is 4.95. The summed E-state index contributed by atoms with van der Waals surface area (Å²) in [6, 6.07) is 14.1. The highest BCUT2D eigenvalue weighted by Crippen LogP contribution is 2.32. The van der Waals surface area contributed by atoms with Crippen molar-refractivity contribution in [2.75, 3.05) is 20.2 Å². The molecule has 4 N–H and O–H groups in total. The Balaban J connectivity index is 1.83. The van der Waals surface area contributed by atoms with Gasteiger partial charge in [-0.3, -0.25) is 0 Å². The second-order valence-electron chi connectivity index (χ2n) is 6.85. The summed E-state index contributed by atoms with van der Waals surface area (Å²) in [5.41, 5.74) is 9.69. The van der Waals surface area contributed by atoms with Crippen LogP contribution in [0.4, 0.5) is 4.79 Å². The smallest absolute Gasteiger partial charge is 0.312 e. The van der Waals surface area contributed by atoms with Gasteiger partial charge in [0, 0.05) is 12.1 Å². The maximum Gasteiger partial charge on any atom is 0.312 e. The van der Waals surface area contributed by atoms with E-state index >= 15 is 0 Å². The van der Waals surface area contributed by atoms with Crippen molar-refractivity contribution in [3.8, 4) is 16.9 Å². The van der Waals surface area contributed by atoms with Gasteiger partial charge in [-0.05, 0) is 67.1 Å². The van der Waals surface area contributed by atoms with E-state index in [-0.39, 0.29) is 0 Å². The van der Waals surface area contributed by atoms with Gasteiger partial charge < -0.3 is 21.1 Å². The molecule has 5 heteroatoms. The zero-order chi connectivity index (χ0) is 18.4. The van der Waals surface area contributed by atoms with Crippen LogP contribution in [0, 0.1) is 5.92 Å². The third-order valence-corrected chi connectivity index (χ3v) is 4.95. The molecule has 5 nitrogen and oxygen atoms in total. The Kier molecular flexibility index (Phi) is 6.12. The fourth-order valence-electron chi connectivity index (χ4n) is 3.56. The van der Waals surface area contributed by atoms with Crippen LogP contribution >= 0.6 is 0 Å². The Morgan fingerprint density at radius 1 is 1.19 bits per heavy atom. The van der Waals surface area contributed by atoms with E-state index in [1.54, 1.807) is 7.11 Å². The first-order valence-electron chi connectivity index (χ1n) is 9.16. The molecule has 3 rings (SSSR count). The summed E-state index contributed by atoms with van der Waals surface area (Å²) in [7, 11) is 1.68. The lowest BCUT2D eigenvalue weighted by Crippen LogP contribution is -2.28. The van der Waals surface area contributed by atoms with E-state index in [4.69, 9.17) is 10.5 Å². The van der Waals surface area contributed by atoms with Crippen LogP contribution in [0.1, 0.15) is 24.0 Å². The van der Waals surface area contributed by atoms with Gasteiger partial charge in [0.2, 0.25) is 0 Å². The van der Waals surface area contributed by atoms with E-state index in [1.165, 1.54) is 18.4 Å². The number of hydrogen-bond donors (Lipinski definition) is 3. The summed E-state index contributed by atoms with van der Waals surface area (Å²) in [4.78, 5) is 11.0. The summed E-state index contributed by atoms with van der Waals surface area (Å²) >= 11 is 0. The quantitative estimate of drug-likeness (QED) is 0.747. The molecule has 0 aliphatic carbocycles. The number of nitrogens with one attached hydrogen (secondary N) is 2. The third kappa shape index (κ3) is 4.76. The number of piperidine rings is 1. The molecule has 1 saturated heterocycles. The fraction of sp³-hybridized carbons (Fsp3) is 0.381. The molecule has 138 valence electrons. The predicted octanol–water partition coefficient (Wildman–Crippen LogP) is 3.07. The maximum absolute atomic E-state index is 11.0. The van der Waals surface area contributed by atoms with E-state index < -0.39 is 6.03 Å². The second-order valence-corrected chi connectivity index (χ2v) is 6.85. The number of methoxy groups -OCH3 is 1. The molecule has 2 amide bonds. The molecule has 0 radical (unpaired) electrons. The van der Waals surface area contributed by atoms with Crippen molar-refractivity contribution in [1.82, 2.24) is 10.6 Å². The maximum atomic E-state index is 11.0. The van der Waals surface area contributed by atoms with Crippen LogP contribution in [0.5, 0.6) is 5.75 Å². The molecule has 2 aromatic carbocycles. The van der Waals surface area contributed by atoms with Crippen LogP contribution in [0.2, 0.25) is 0 Å². The van der Waals surface area contributed by atoms with Crippen LogP contribution in [0.3, 0.4) is 0 Å². The number of amides is 2. The van der Waals surface area contributed by atoms with E-state index in [0.717, 1.165) is 47.9 Å². The minimum Gasteiger partial charge on any atom is -0.496 e. The van der Waals surface area contributed by atoms with Crippen molar-refractivity contribution < 1.29 is 9.53 Å². The summed E-state index contributed by atoms with van der Waals surface area (Å²) in [6.07, 6.45) is 3.59. The normalized spacial score (nSPS) is 14.8. The van der Waals surface area contributed by atoms with Gasteiger partial charge >= 0.3 is 6.03 Å². The van der Waals surface area contributed by atoms with Gasteiger partial charge in [-0.1, -0.05) is 30.3 Å². The van der Waals surface area contributed by atoms with Crippen LogP contribution in [-0.4, -0.2) is 26.2 Å². The SMILES string of the molecule is COc1ccc(CNC(N)=O)cc1-c1cccc(CC2CCNCC2)c1. The topological polar surface area (TPSA) is 76.4 Å². The number of rotatable bonds is 6. The van der Waals surface area contributed by atoms with Gasteiger partial charge in [-0.25, -0.2) is 4.79 Å². The number of hydrogen-bond acceptors (Lipinski definition) is 3. The molecular formula is C21H27N3O2. The van der Waals surface area contributed by atoms with Gasteiger partial charge in [0.15, 0.2) is 0 Å². The average molecular weight is 353 g/mol. The van der Waals surface area contributed by atoms with Crippen LogP contribution in [0.15, 0.2) is 42.5 Å². The highest BCUT2D eigenvalue weighted by atomic mass is 16.5. The molecule has 1 aliphatic rings. The minimum atomic E-state index is -0.522. The molecule has 0 atom stereocenters. The molecule has 0 bridgehead atoms. The highest BCUT2D eigenvalue weighted by Gasteiger charge is 2.14. The zero-order valence-corrected chi connectivity index (χ0v) is 15.3. The Morgan fingerprint density at radius 2 is 2.00 bits per heavy atom. The highest BCUT2D eigenvalue weighted by molar-refractivity contribution is 5.73. The molecule has 2 aromatic rings. The largest absolute Gasteiger partial charge is 0.496 e. The molecular weight excluding hydrogens is 326 g/mol. The number of benzene rings is 2. The van der Waals surface area contributed by atoms with Crippen LogP contribution in [-0.2, 0) is 13.0 Å². The molecule has 26 heavy (non-hydrogen) atoms. The number of primary amides is 1. The monoisotopic (exact) mass is 353 g/mol. The van der Waals surface area contributed by atoms with Crippen molar-refractivity contribution in [2.45, 2.75) is 25.8 Å². The Morgan fingerprint density at radius 3 is 2.73 bits per heavy atom. The van der Waals surface area contributed by atoms with E-state index in [0.29, 0.717) is 6.54 Å². The average Bonchev–Trinajstić information content (AvgIpc) is 2.67. The molecule has 0 unspecified atom stereocenters. The Bertz CT molecular complexity index is 755. The molecule has 1 fully saturated rings. The summed E-state index contributed by atoms with van der Waals surface area (Å²) in [6.45, 7) is 2.64. The van der Waals surface area contributed by atoms with Gasteiger partial charge in [-0.2, -0.15) is 0 Å². The summed E-state index contributed by atoms with van der Waals surface area (Å²) in [5, 5.41) is 6.06. The Hall–Kier alpha value is -2.53. The van der Waals surface area contributed by atoms with Gasteiger partial charge in [0.05, 0.1) is 7.11 Å². The van der Waals surface area contributed by atoms with Gasteiger partial charge in [0.1, 0.15) is 5.75 Å². The van der Waals surface area contributed by atoms with Crippen LogP contribution < -0.4 is 21.1 Å². The number of urea groups is 1. The minimum absolute atomic E-state index is 0.404. The van der Waals surface area contributed by atoms with Crippen LogP contribution in [0.25, 0.3) is 11.1 Å². The van der Waals surface area contributed by atoms with E-state index in [2.05, 4.69) is 41.0 Å². The van der Waals surface area contributed by atoms with Crippen molar-refractivity contribution >= 4 is 6.03 Å². The number of ether oxygens (including phenoxy) is 1. The molecule has 1 aliphatic heterocycles. The lowest BCUT2D eigenvalue weighted by molar-refractivity contribution is 0.248. The zero-order valence-electron chi connectivity index (χ0n) is 15.3.